The number of rotatable bonds is 7. The van der Waals surface area contributed by atoms with Crippen LogP contribution in [0.5, 0.6) is 5.75 Å². The number of primary amides is 1. The van der Waals surface area contributed by atoms with Gasteiger partial charge in [-0.3, -0.25) is 9.59 Å². The number of anilines is 1. The van der Waals surface area contributed by atoms with Gasteiger partial charge in [-0.2, -0.15) is 0 Å². The average molecular weight is 342 g/mol. The van der Waals surface area contributed by atoms with E-state index in [-0.39, 0.29) is 31.3 Å². The normalized spacial score (nSPS) is 19.7. The predicted octanol–water partition coefficient (Wildman–Crippen LogP) is 1.83. The number of carbonyl (C=O) groups excluding carboxylic acids is 2. The van der Waals surface area contributed by atoms with Gasteiger partial charge in [0, 0.05) is 5.69 Å². The summed E-state index contributed by atoms with van der Waals surface area (Å²) in [6.45, 7) is 3.16. The van der Waals surface area contributed by atoms with Gasteiger partial charge < -0.3 is 21.1 Å². The molecule has 1 atom stereocenters. The van der Waals surface area contributed by atoms with Gasteiger partial charge in [-0.05, 0) is 50.1 Å². The second-order valence-electron chi connectivity index (χ2n) is 5.51. The maximum absolute atomic E-state index is 12.4. The van der Waals surface area contributed by atoms with Crippen LogP contribution in [0.15, 0.2) is 24.3 Å². The first-order chi connectivity index (χ1) is 10.6. The first-order valence-corrected chi connectivity index (χ1v) is 7.63. The molecule has 0 aliphatic carbocycles. The Balaban J connectivity index is 0.00000264. The predicted molar refractivity (Wildman–Crippen MR) is 91.9 cm³/mol. The molecule has 0 saturated carbocycles. The fourth-order valence-corrected chi connectivity index (χ4v) is 2.62. The number of hydrogen-bond donors (Lipinski definition) is 3. The number of ether oxygens (including phenoxy) is 1. The van der Waals surface area contributed by atoms with Gasteiger partial charge in [0.15, 0.2) is 0 Å². The second kappa shape index (κ2) is 8.74. The van der Waals surface area contributed by atoms with Crippen LogP contribution in [0.1, 0.15) is 32.6 Å². The summed E-state index contributed by atoms with van der Waals surface area (Å²) in [6, 6.07) is 7.10. The van der Waals surface area contributed by atoms with E-state index in [0.29, 0.717) is 5.75 Å². The number of hydrogen-bond acceptors (Lipinski definition) is 4. The van der Waals surface area contributed by atoms with Crippen LogP contribution in [0.3, 0.4) is 0 Å². The summed E-state index contributed by atoms with van der Waals surface area (Å²) in [7, 11) is 0. The van der Waals surface area contributed by atoms with E-state index in [1.807, 2.05) is 6.92 Å². The van der Waals surface area contributed by atoms with Crippen LogP contribution in [0.25, 0.3) is 0 Å². The van der Waals surface area contributed by atoms with Gasteiger partial charge in [0.05, 0.1) is 18.6 Å². The summed E-state index contributed by atoms with van der Waals surface area (Å²) in [5.74, 6) is 0.260. The Hall–Kier alpha value is -1.79. The number of carbonyl (C=O) groups is 2. The molecular formula is C16H24ClN3O3. The molecule has 128 valence electrons. The van der Waals surface area contributed by atoms with Crippen molar-refractivity contribution in [3.63, 3.8) is 0 Å². The van der Waals surface area contributed by atoms with Crippen molar-refractivity contribution in [3.05, 3.63) is 24.3 Å². The van der Waals surface area contributed by atoms with Crippen molar-refractivity contribution in [2.75, 3.05) is 18.5 Å². The van der Waals surface area contributed by atoms with E-state index in [2.05, 4.69) is 10.6 Å². The minimum Gasteiger partial charge on any atom is -0.493 e. The molecule has 23 heavy (non-hydrogen) atoms. The molecule has 1 saturated heterocycles. The Kier molecular flexibility index (Phi) is 7.32. The minimum atomic E-state index is -0.448. The number of benzene rings is 1. The average Bonchev–Trinajstić information content (AvgIpc) is 2.99. The molecule has 2 rings (SSSR count). The Morgan fingerprint density at radius 3 is 2.57 bits per heavy atom. The number of amides is 2. The van der Waals surface area contributed by atoms with Crippen molar-refractivity contribution in [1.82, 2.24) is 5.32 Å². The summed E-state index contributed by atoms with van der Waals surface area (Å²) in [5, 5.41) is 6.26. The Bertz CT molecular complexity index is 528. The first-order valence-electron chi connectivity index (χ1n) is 7.63. The molecule has 0 aromatic heterocycles. The van der Waals surface area contributed by atoms with Gasteiger partial charge in [0.1, 0.15) is 5.75 Å². The fraction of sp³-hybridized carbons (Fsp3) is 0.500. The molecule has 0 spiro atoms. The molecule has 1 unspecified atom stereocenters. The second-order valence-corrected chi connectivity index (χ2v) is 5.51. The van der Waals surface area contributed by atoms with Crippen LogP contribution in [-0.2, 0) is 9.59 Å². The summed E-state index contributed by atoms with van der Waals surface area (Å²) < 4.78 is 5.39. The largest absolute Gasteiger partial charge is 0.493 e. The lowest BCUT2D eigenvalue weighted by molar-refractivity contribution is -0.122. The highest BCUT2D eigenvalue weighted by Gasteiger charge is 2.38. The molecular weight excluding hydrogens is 318 g/mol. The number of nitrogens with two attached hydrogens (primary N) is 1. The van der Waals surface area contributed by atoms with Gasteiger partial charge in [0.2, 0.25) is 11.8 Å². The van der Waals surface area contributed by atoms with Crippen LogP contribution >= 0.6 is 12.4 Å². The lowest BCUT2D eigenvalue weighted by Gasteiger charge is -2.26. The van der Waals surface area contributed by atoms with Crippen molar-refractivity contribution >= 4 is 29.9 Å². The maximum atomic E-state index is 12.4. The maximum Gasteiger partial charge on any atom is 0.244 e. The quantitative estimate of drug-likeness (QED) is 0.705. The third-order valence-electron chi connectivity index (χ3n) is 4.01. The third kappa shape index (κ3) is 5.11. The van der Waals surface area contributed by atoms with Crippen molar-refractivity contribution in [2.45, 2.75) is 38.1 Å². The lowest BCUT2D eigenvalue weighted by Crippen LogP contribution is -2.50. The van der Waals surface area contributed by atoms with Crippen LogP contribution < -0.4 is 21.1 Å². The molecule has 1 aliphatic rings. The minimum absolute atomic E-state index is 0. The zero-order chi connectivity index (χ0) is 16.0. The molecule has 1 heterocycles. The molecule has 1 aliphatic heterocycles. The third-order valence-corrected chi connectivity index (χ3v) is 4.01. The van der Waals surface area contributed by atoms with E-state index in [9.17, 15) is 9.59 Å². The van der Waals surface area contributed by atoms with E-state index in [1.165, 1.54) is 0 Å². The van der Waals surface area contributed by atoms with Crippen molar-refractivity contribution < 1.29 is 14.3 Å². The molecule has 2 amide bonds. The summed E-state index contributed by atoms with van der Waals surface area (Å²) in [5.41, 5.74) is 5.33. The molecule has 0 bridgehead atoms. The first kappa shape index (κ1) is 19.3. The van der Waals surface area contributed by atoms with E-state index in [1.54, 1.807) is 24.3 Å². The topological polar surface area (TPSA) is 93.4 Å². The van der Waals surface area contributed by atoms with Crippen LogP contribution in [0.4, 0.5) is 5.69 Å². The highest BCUT2D eigenvalue weighted by Crippen LogP contribution is 2.25. The summed E-state index contributed by atoms with van der Waals surface area (Å²) in [6.07, 6.45) is 2.84. The van der Waals surface area contributed by atoms with Crippen molar-refractivity contribution in [1.29, 1.82) is 0 Å². The molecule has 6 nitrogen and oxygen atoms in total. The highest BCUT2D eigenvalue weighted by atomic mass is 35.5. The highest BCUT2D eigenvalue weighted by molar-refractivity contribution is 5.98. The number of nitrogens with one attached hydrogen (secondary N) is 2. The van der Waals surface area contributed by atoms with Gasteiger partial charge in [-0.25, -0.2) is 0 Å². The fourth-order valence-electron chi connectivity index (χ4n) is 2.62. The summed E-state index contributed by atoms with van der Waals surface area (Å²) in [4.78, 5) is 23.1. The molecule has 1 fully saturated rings. The molecule has 0 radical (unpaired) electrons. The van der Waals surface area contributed by atoms with E-state index in [0.717, 1.165) is 31.5 Å². The molecule has 1 aromatic rings. The van der Waals surface area contributed by atoms with E-state index >= 15 is 0 Å². The molecule has 7 heteroatoms. The number of halogens is 1. The van der Waals surface area contributed by atoms with E-state index < -0.39 is 11.4 Å². The van der Waals surface area contributed by atoms with Gasteiger partial charge >= 0.3 is 0 Å². The van der Waals surface area contributed by atoms with Gasteiger partial charge in [-0.1, -0.05) is 6.92 Å². The van der Waals surface area contributed by atoms with Gasteiger partial charge in [0.25, 0.3) is 0 Å². The zero-order valence-electron chi connectivity index (χ0n) is 13.3. The van der Waals surface area contributed by atoms with E-state index in [4.69, 9.17) is 10.5 Å². The Morgan fingerprint density at radius 1 is 1.35 bits per heavy atom. The summed E-state index contributed by atoms with van der Waals surface area (Å²) >= 11 is 0. The SMILES string of the molecule is CCC1(C(=O)Nc2ccc(OCCC(N)=O)cc2)CCCN1.Cl. The zero-order valence-corrected chi connectivity index (χ0v) is 14.1. The standard InChI is InChI=1S/C16H23N3O3.ClH/c1-2-16(9-3-10-18-16)15(21)19-12-4-6-13(7-5-12)22-11-8-14(17)20;/h4-7,18H,2-3,8-11H2,1H3,(H2,17,20)(H,19,21);1H. The monoisotopic (exact) mass is 341 g/mol. The molecule has 4 N–H and O–H groups in total. The van der Waals surface area contributed by atoms with Gasteiger partial charge in [-0.15, -0.1) is 12.4 Å². The Morgan fingerprint density at radius 2 is 2.04 bits per heavy atom. The van der Waals surface area contributed by atoms with Crippen LogP contribution in [0.2, 0.25) is 0 Å². The van der Waals surface area contributed by atoms with Crippen LogP contribution in [-0.4, -0.2) is 30.5 Å². The smallest absolute Gasteiger partial charge is 0.244 e. The molecule has 1 aromatic carbocycles. The van der Waals surface area contributed by atoms with Crippen LogP contribution in [0, 0.1) is 0 Å². The lowest BCUT2D eigenvalue weighted by atomic mass is 9.93. The van der Waals surface area contributed by atoms with Crippen molar-refractivity contribution in [3.8, 4) is 5.75 Å². The van der Waals surface area contributed by atoms with Crippen molar-refractivity contribution in [2.24, 2.45) is 5.73 Å². The Labute approximate surface area is 142 Å².